The Kier molecular flexibility index (Phi) is 4.64. The van der Waals surface area contributed by atoms with Gasteiger partial charge in [0.25, 0.3) is 0 Å². The highest BCUT2D eigenvalue weighted by atomic mass is 35.5. The molecule has 1 heterocycles. The average molecular weight is 324 g/mol. The molecule has 0 amide bonds. The van der Waals surface area contributed by atoms with Gasteiger partial charge in [-0.1, -0.05) is 23.7 Å². The summed E-state index contributed by atoms with van der Waals surface area (Å²) in [5.41, 5.74) is 2.33. The van der Waals surface area contributed by atoms with Crippen molar-refractivity contribution >= 4 is 28.3 Å². The number of imidazole rings is 1. The summed E-state index contributed by atoms with van der Waals surface area (Å²) in [6.07, 6.45) is 3.41. The van der Waals surface area contributed by atoms with Gasteiger partial charge in [0.2, 0.25) is 0 Å². The number of rotatable bonds is 3. The van der Waals surface area contributed by atoms with Crippen LogP contribution in [0.4, 0.5) is 0 Å². The lowest BCUT2D eigenvalue weighted by Gasteiger charge is -2.15. The minimum Gasteiger partial charge on any atom is -0.332 e. The van der Waals surface area contributed by atoms with Crippen molar-refractivity contribution in [3.63, 3.8) is 0 Å². The molecule has 21 heavy (non-hydrogen) atoms. The summed E-state index contributed by atoms with van der Waals surface area (Å²) in [5, 5.41) is 0.653. The Bertz CT molecular complexity index is 684. The lowest BCUT2D eigenvalue weighted by atomic mass is 10.1. The van der Waals surface area contributed by atoms with Crippen molar-refractivity contribution in [3.05, 3.63) is 53.1 Å². The first kappa shape index (κ1) is 15.9. The van der Waals surface area contributed by atoms with Gasteiger partial charge in [0.05, 0.1) is 23.0 Å². The molecule has 0 radical (unpaired) electrons. The van der Waals surface area contributed by atoms with E-state index in [4.69, 9.17) is 11.6 Å². The molecule has 0 aliphatic rings. The molecule has 2 rings (SSSR count). The second-order valence-corrected chi connectivity index (χ2v) is 8.04. The zero-order chi connectivity index (χ0) is 15.6. The van der Waals surface area contributed by atoms with Crippen molar-refractivity contribution in [1.82, 2.24) is 9.55 Å². The van der Waals surface area contributed by atoms with Gasteiger partial charge in [-0.2, -0.15) is 4.40 Å². The van der Waals surface area contributed by atoms with Gasteiger partial charge in [-0.15, -0.1) is 0 Å². The van der Waals surface area contributed by atoms with Gasteiger partial charge < -0.3 is 4.57 Å². The van der Waals surface area contributed by atoms with Gasteiger partial charge in [-0.05, 0) is 32.9 Å². The lowest BCUT2D eigenvalue weighted by molar-refractivity contribution is 0.650. The van der Waals surface area contributed by atoms with Gasteiger partial charge in [0, 0.05) is 17.6 Å². The molecule has 0 aliphatic heterocycles. The second-order valence-electron chi connectivity index (χ2n) is 5.70. The van der Waals surface area contributed by atoms with Crippen molar-refractivity contribution in [3.8, 4) is 0 Å². The fraction of sp³-hybridized carbons (Fsp3) is 0.333. The molecule has 1 unspecified atom stereocenters. The maximum atomic E-state index is 12.4. The smallest absolute Gasteiger partial charge is 0.145 e. The van der Waals surface area contributed by atoms with Crippen LogP contribution in [-0.2, 0) is 18.0 Å². The first-order valence-electron chi connectivity index (χ1n) is 6.52. The van der Waals surface area contributed by atoms with E-state index in [1.807, 2.05) is 44.5 Å². The molecule has 0 saturated heterocycles. The molecule has 1 aromatic carbocycles. The lowest BCUT2D eigenvalue weighted by Crippen LogP contribution is -2.22. The molecule has 0 spiro atoms. The number of aromatic nitrogens is 2. The SMILES string of the molecule is Cn1cncc1C(=NS(=O)C(C)(C)C)c1ccc(Cl)cc1. The molecule has 0 N–H and O–H groups in total. The van der Waals surface area contributed by atoms with E-state index in [2.05, 4.69) is 9.38 Å². The van der Waals surface area contributed by atoms with Crippen molar-refractivity contribution < 1.29 is 4.21 Å². The van der Waals surface area contributed by atoms with E-state index in [1.54, 1.807) is 24.7 Å². The fourth-order valence-electron chi connectivity index (χ4n) is 1.66. The van der Waals surface area contributed by atoms with Crippen molar-refractivity contribution in [1.29, 1.82) is 0 Å². The predicted molar refractivity (Wildman–Crippen MR) is 88.2 cm³/mol. The van der Waals surface area contributed by atoms with E-state index < -0.39 is 15.7 Å². The highest BCUT2D eigenvalue weighted by Crippen LogP contribution is 2.18. The van der Waals surface area contributed by atoms with E-state index >= 15 is 0 Å². The van der Waals surface area contributed by atoms with Crippen LogP contribution in [0.15, 0.2) is 41.2 Å². The van der Waals surface area contributed by atoms with Crippen LogP contribution in [0.5, 0.6) is 0 Å². The minimum absolute atomic E-state index is 0.420. The van der Waals surface area contributed by atoms with Crippen LogP contribution in [0.25, 0.3) is 0 Å². The molecule has 1 atom stereocenters. The summed E-state index contributed by atoms with van der Waals surface area (Å²) in [7, 11) is 0.530. The third kappa shape index (κ3) is 3.80. The summed E-state index contributed by atoms with van der Waals surface area (Å²) in [6, 6.07) is 7.33. The number of hydrogen-bond acceptors (Lipinski definition) is 2. The van der Waals surface area contributed by atoms with Crippen LogP contribution < -0.4 is 0 Å². The maximum Gasteiger partial charge on any atom is 0.145 e. The zero-order valence-electron chi connectivity index (χ0n) is 12.5. The minimum atomic E-state index is -1.35. The van der Waals surface area contributed by atoms with E-state index in [0.717, 1.165) is 11.3 Å². The third-order valence-corrected chi connectivity index (χ3v) is 4.52. The van der Waals surface area contributed by atoms with Crippen LogP contribution >= 0.6 is 11.6 Å². The normalized spacial score (nSPS) is 14.2. The molecule has 112 valence electrons. The van der Waals surface area contributed by atoms with E-state index in [9.17, 15) is 4.21 Å². The monoisotopic (exact) mass is 323 g/mol. The highest BCUT2D eigenvalue weighted by molar-refractivity contribution is 7.85. The molecule has 2 aromatic rings. The maximum absolute atomic E-state index is 12.4. The van der Waals surface area contributed by atoms with Crippen LogP contribution in [0.1, 0.15) is 32.0 Å². The zero-order valence-corrected chi connectivity index (χ0v) is 14.1. The average Bonchev–Trinajstić information content (AvgIpc) is 2.82. The highest BCUT2D eigenvalue weighted by Gasteiger charge is 2.21. The standard InChI is InChI=1S/C15H18ClN3OS/c1-15(2,3)21(20)18-14(13-9-17-10-19(13)4)11-5-7-12(16)8-6-11/h5-10H,1-4H3. The van der Waals surface area contributed by atoms with Crippen molar-refractivity contribution in [2.75, 3.05) is 0 Å². The topological polar surface area (TPSA) is 47.2 Å². The molecular weight excluding hydrogens is 306 g/mol. The molecule has 0 fully saturated rings. The Balaban J connectivity index is 2.55. The predicted octanol–water partition coefficient (Wildman–Crippen LogP) is 3.37. The van der Waals surface area contributed by atoms with Gasteiger partial charge in [0.1, 0.15) is 16.7 Å². The van der Waals surface area contributed by atoms with Crippen molar-refractivity contribution in [2.24, 2.45) is 11.4 Å². The van der Waals surface area contributed by atoms with E-state index in [0.29, 0.717) is 10.7 Å². The Labute approximate surface area is 132 Å². The van der Waals surface area contributed by atoms with Crippen LogP contribution in [0.2, 0.25) is 5.02 Å². The molecule has 0 saturated carbocycles. The molecular formula is C15H18ClN3OS. The summed E-state index contributed by atoms with van der Waals surface area (Å²) in [6.45, 7) is 5.69. The summed E-state index contributed by atoms with van der Waals surface area (Å²) in [4.78, 5) is 4.11. The number of nitrogens with zero attached hydrogens (tertiary/aromatic N) is 3. The number of benzene rings is 1. The third-order valence-electron chi connectivity index (χ3n) is 2.88. The first-order valence-corrected chi connectivity index (χ1v) is 8.01. The quantitative estimate of drug-likeness (QED) is 0.813. The molecule has 1 aromatic heterocycles. The number of aryl methyl sites for hydroxylation is 1. The summed E-state index contributed by atoms with van der Waals surface area (Å²) in [5.74, 6) is 0. The fourth-order valence-corrected chi connectivity index (χ4v) is 2.42. The summed E-state index contributed by atoms with van der Waals surface area (Å²) >= 11 is 5.93. The van der Waals surface area contributed by atoms with Gasteiger partial charge in [-0.25, -0.2) is 9.19 Å². The van der Waals surface area contributed by atoms with Crippen LogP contribution in [0.3, 0.4) is 0 Å². The number of hydrogen-bond donors (Lipinski definition) is 0. The van der Waals surface area contributed by atoms with E-state index in [-0.39, 0.29) is 0 Å². The van der Waals surface area contributed by atoms with Gasteiger partial charge in [-0.3, -0.25) is 0 Å². The largest absolute Gasteiger partial charge is 0.332 e. The van der Waals surface area contributed by atoms with Gasteiger partial charge in [0.15, 0.2) is 0 Å². The van der Waals surface area contributed by atoms with Gasteiger partial charge >= 0.3 is 0 Å². The first-order chi connectivity index (χ1) is 9.79. The molecule has 6 heteroatoms. The Hall–Kier alpha value is -1.46. The molecule has 4 nitrogen and oxygen atoms in total. The molecule has 0 aliphatic carbocycles. The van der Waals surface area contributed by atoms with Crippen LogP contribution in [0, 0.1) is 0 Å². The Morgan fingerprint density at radius 1 is 1.29 bits per heavy atom. The van der Waals surface area contributed by atoms with Crippen LogP contribution in [-0.4, -0.2) is 24.2 Å². The molecule has 0 bridgehead atoms. The van der Waals surface area contributed by atoms with E-state index in [1.165, 1.54) is 0 Å². The number of halogens is 1. The second kappa shape index (κ2) is 6.12. The Morgan fingerprint density at radius 3 is 2.38 bits per heavy atom. The Morgan fingerprint density at radius 2 is 1.90 bits per heavy atom. The van der Waals surface area contributed by atoms with Crippen molar-refractivity contribution in [2.45, 2.75) is 25.5 Å². The summed E-state index contributed by atoms with van der Waals surface area (Å²) < 4.78 is 18.3.